The van der Waals surface area contributed by atoms with Crippen LogP contribution in [0.5, 0.6) is 17.5 Å². The Bertz CT molecular complexity index is 1810. The molecule has 0 spiro atoms. The number of halogens is 3. The molecule has 14 nitrogen and oxygen atoms in total. The van der Waals surface area contributed by atoms with E-state index in [2.05, 4.69) is 35.8 Å². The number of aromatic nitrogens is 3. The summed E-state index contributed by atoms with van der Waals surface area (Å²) in [6, 6.07) is 11.7. The van der Waals surface area contributed by atoms with E-state index in [0.29, 0.717) is 68.3 Å². The largest absolute Gasteiger partial charge is 0.494 e. The highest BCUT2D eigenvalue weighted by molar-refractivity contribution is 5.97. The summed E-state index contributed by atoms with van der Waals surface area (Å²) in [6.45, 7) is 9.28. The van der Waals surface area contributed by atoms with Crippen LogP contribution in [0.25, 0.3) is 0 Å². The van der Waals surface area contributed by atoms with Crippen molar-refractivity contribution < 1.29 is 41.7 Å². The highest BCUT2D eigenvalue weighted by Gasteiger charge is 2.44. The highest BCUT2D eigenvalue weighted by Crippen LogP contribution is 2.46. The first-order chi connectivity index (χ1) is 27.2. The Hall–Kier alpha value is -5.06. The van der Waals surface area contributed by atoms with E-state index in [1.165, 1.54) is 12.8 Å². The van der Waals surface area contributed by atoms with Crippen LogP contribution in [-0.2, 0) is 11.3 Å². The lowest BCUT2D eigenvalue weighted by atomic mass is 10.1. The molecular formula is C40H53F3N8O6. The fraction of sp³-hybridized carbons (Fsp3) is 0.575. The topological polar surface area (TPSA) is 152 Å². The first-order valence-electron chi connectivity index (χ1n) is 19.6. The van der Waals surface area contributed by atoms with Crippen molar-refractivity contribution >= 4 is 29.6 Å². The van der Waals surface area contributed by atoms with Gasteiger partial charge in [0.1, 0.15) is 17.1 Å². The van der Waals surface area contributed by atoms with Gasteiger partial charge in [-0.05, 0) is 109 Å². The number of nitrogens with one attached hydrogen (secondary N) is 3. The first-order valence-corrected chi connectivity index (χ1v) is 19.6. The van der Waals surface area contributed by atoms with E-state index < -0.39 is 30.5 Å². The fourth-order valence-electron chi connectivity index (χ4n) is 6.62. The van der Waals surface area contributed by atoms with Crippen molar-refractivity contribution in [2.75, 3.05) is 69.7 Å². The maximum absolute atomic E-state index is 13.7. The summed E-state index contributed by atoms with van der Waals surface area (Å²) in [5, 5.41) is 9.18. The smallest absolute Gasteiger partial charge is 0.422 e. The molecule has 1 aromatic heterocycles. The molecule has 1 aliphatic carbocycles. The zero-order valence-electron chi connectivity index (χ0n) is 32.9. The zero-order chi connectivity index (χ0) is 40.5. The van der Waals surface area contributed by atoms with Gasteiger partial charge in [0.15, 0.2) is 6.61 Å². The molecule has 0 radical (unpaired) electrons. The number of hydrogen-bond acceptors (Lipinski definition) is 12. The van der Waals surface area contributed by atoms with Crippen LogP contribution < -0.4 is 30.2 Å². The number of hydrogen-bond donors (Lipinski definition) is 3. The number of carbonyl (C=O) groups is 2. The lowest BCUT2D eigenvalue weighted by Crippen LogP contribution is -2.38. The lowest BCUT2D eigenvalue weighted by Gasteiger charge is -2.27. The molecule has 0 unspecified atom stereocenters. The Morgan fingerprint density at radius 3 is 2.30 bits per heavy atom. The van der Waals surface area contributed by atoms with Gasteiger partial charge in [-0.1, -0.05) is 12.1 Å². The molecule has 2 fully saturated rings. The van der Waals surface area contributed by atoms with Crippen molar-refractivity contribution in [3.63, 3.8) is 0 Å². The van der Waals surface area contributed by atoms with Crippen molar-refractivity contribution in [2.24, 2.45) is 5.41 Å². The number of benzene rings is 2. The molecule has 3 aromatic rings. The maximum Gasteiger partial charge on any atom is 0.422 e. The second-order valence-corrected chi connectivity index (χ2v) is 15.9. The van der Waals surface area contributed by atoms with E-state index in [1.807, 2.05) is 32.9 Å². The van der Waals surface area contributed by atoms with Crippen LogP contribution in [0.1, 0.15) is 81.6 Å². The van der Waals surface area contributed by atoms with Crippen molar-refractivity contribution in [3.05, 3.63) is 53.6 Å². The average Bonchev–Trinajstić information content (AvgIpc) is 3.73. The van der Waals surface area contributed by atoms with Gasteiger partial charge in [0.05, 0.1) is 18.8 Å². The molecule has 4 aliphatic rings. The van der Waals surface area contributed by atoms with Crippen LogP contribution in [0.3, 0.4) is 0 Å². The van der Waals surface area contributed by atoms with Crippen LogP contribution in [-0.4, -0.2) is 108 Å². The van der Waals surface area contributed by atoms with Crippen molar-refractivity contribution in [2.45, 2.75) is 84.0 Å². The number of alkyl halides is 3. The Balaban J connectivity index is 1.23. The summed E-state index contributed by atoms with van der Waals surface area (Å²) in [4.78, 5) is 43.5. The standard InChI is InChI=1S/C40H53F3N8O6/c1-38(2,3)57-37(53)51-19-6-7-21-55-32-23-29(11-14-31(32)33(52)45-25-39(15-16-39)26-50-17-4-5-18-50)46-35-47-34(48-36(49-35)56-27-40(41,42)43)44-24-28-9-12-30(13-10-28)54-22-8-20-51/h9-14,23H,4-8,15-22,24-27H2,1-3H3,(H,45,52)(H2,44,46,47,48,49). The highest BCUT2D eigenvalue weighted by atomic mass is 19.4. The quantitative estimate of drug-likeness (QED) is 0.227. The number of carbonyl (C=O) groups excluding carboxylic acids is 2. The number of fused-ring (bicyclic) bond motifs is 12. The normalized spacial score (nSPS) is 18.0. The number of likely N-dealkylation sites (tertiary alicyclic amines) is 1. The Morgan fingerprint density at radius 1 is 0.877 bits per heavy atom. The van der Waals surface area contributed by atoms with E-state index in [0.717, 1.165) is 38.0 Å². The third kappa shape index (κ3) is 13.3. The monoisotopic (exact) mass is 798 g/mol. The van der Waals surface area contributed by atoms with Gasteiger partial charge in [0.25, 0.3) is 5.91 Å². The summed E-state index contributed by atoms with van der Waals surface area (Å²) >= 11 is 0. The van der Waals surface area contributed by atoms with E-state index in [1.54, 1.807) is 35.2 Å². The molecule has 3 aliphatic heterocycles. The number of rotatable bonds is 7. The van der Waals surface area contributed by atoms with E-state index >= 15 is 0 Å². The Morgan fingerprint density at radius 2 is 1.58 bits per heavy atom. The van der Waals surface area contributed by atoms with E-state index in [9.17, 15) is 22.8 Å². The predicted molar refractivity (Wildman–Crippen MR) is 207 cm³/mol. The molecule has 1 saturated heterocycles. The van der Waals surface area contributed by atoms with E-state index in [4.69, 9.17) is 18.9 Å². The molecule has 4 heterocycles. The van der Waals surface area contributed by atoms with Crippen LogP contribution in [0, 0.1) is 5.41 Å². The second-order valence-electron chi connectivity index (χ2n) is 15.9. The molecule has 17 heteroatoms. The Labute approximate surface area is 331 Å². The second kappa shape index (κ2) is 18.5. The lowest BCUT2D eigenvalue weighted by molar-refractivity contribution is -0.154. The van der Waals surface area contributed by atoms with Gasteiger partial charge in [-0.15, -0.1) is 0 Å². The number of nitrogens with zero attached hydrogens (tertiary/aromatic N) is 5. The fourth-order valence-corrected chi connectivity index (χ4v) is 6.62. The van der Waals surface area contributed by atoms with Crippen molar-refractivity contribution in [1.82, 2.24) is 30.1 Å². The molecule has 7 rings (SSSR count). The summed E-state index contributed by atoms with van der Waals surface area (Å²) in [5.41, 5.74) is 0.987. The molecule has 310 valence electrons. The molecule has 2 aromatic carbocycles. The van der Waals surface area contributed by atoms with Gasteiger partial charge in [-0.3, -0.25) is 4.79 Å². The minimum atomic E-state index is -4.61. The molecule has 3 N–H and O–H groups in total. The molecule has 2 amide bonds. The zero-order valence-corrected chi connectivity index (χ0v) is 32.9. The maximum atomic E-state index is 13.7. The summed E-state index contributed by atoms with van der Waals surface area (Å²) in [7, 11) is 0. The van der Waals surface area contributed by atoms with Crippen LogP contribution in [0.15, 0.2) is 42.5 Å². The minimum Gasteiger partial charge on any atom is -0.494 e. The summed E-state index contributed by atoms with van der Waals surface area (Å²) < 4.78 is 62.0. The van der Waals surface area contributed by atoms with Gasteiger partial charge in [0.2, 0.25) is 11.9 Å². The summed E-state index contributed by atoms with van der Waals surface area (Å²) in [6.07, 6.45) is 1.24. The molecule has 0 atom stereocenters. The molecule has 6 bridgehead atoms. The SMILES string of the molecule is CC(C)(C)OC(=O)N1CCCCOc2cc(ccc2C(=O)NCC2(CN3CCCC3)CC2)Nc2nc(nc(OCC(F)(F)F)n2)NCc2ccc(cc2)OCCC1. The van der Waals surface area contributed by atoms with Gasteiger partial charge in [0, 0.05) is 49.9 Å². The van der Waals surface area contributed by atoms with Gasteiger partial charge in [-0.2, -0.15) is 28.1 Å². The minimum absolute atomic E-state index is 0.0201. The van der Waals surface area contributed by atoms with Crippen LogP contribution in [0.2, 0.25) is 0 Å². The number of anilines is 3. The molecule has 1 saturated carbocycles. The van der Waals surface area contributed by atoms with E-state index in [-0.39, 0.29) is 36.4 Å². The van der Waals surface area contributed by atoms with Gasteiger partial charge in [-0.25, -0.2) is 4.79 Å². The van der Waals surface area contributed by atoms with Gasteiger partial charge < -0.3 is 44.7 Å². The van der Waals surface area contributed by atoms with Crippen molar-refractivity contribution in [3.8, 4) is 17.5 Å². The van der Waals surface area contributed by atoms with Crippen molar-refractivity contribution in [1.29, 1.82) is 0 Å². The van der Waals surface area contributed by atoms with Gasteiger partial charge >= 0.3 is 18.3 Å². The number of amides is 2. The Kier molecular flexibility index (Phi) is 13.5. The van der Waals surface area contributed by atoms with Crippen LogP contribution >= 0.6 is 0 Å². The molecule has 57 heavy (non-hydrogen) atoms. The third-order valence-electron chi connectivity index (χ3n) is 9.75. The number of ether oxygens (including phenoxy) is 4. The average molecular weight is 799 g/mol. The summed E-state index contributed by atoms with van der Waals surface area (Å²) in [5.74, 6) is 0.549. The first kappa shape index (κ1) is 41.6. The molecular weight excluding hydrogens is 745 g/mol. The third-order valence-corrected chi connectivity index (χ3v) is 9.75. The predicted octanol–water partition coefficient (Wildman–Crippen LogP) is 6.95. The van der Waals surface area contributed by atoms with Crippen LogP contribution in [0.4, 0.5) is 35.5 Å².